The van der Waals surface area contributed by atoms with Crippen LogP contribution in [0.1, 0.15) is 163 Å². The lowest BCUT2D eigenvalue weighted by Gasteiger charge is -2.10. The number of rotatable bonds is 32. The Labute approximate surface area is 415 Å². The molecule has 0 aliphatic carbocycles. The first-order valence-electron chi connectivity index (χ1n) is 24.8. The second kappa shape index (κ2) is 31.3. The van der Waals surface area contributed by atoms with E-state index in [9.17, 15) is 18.4 Å². The number of hydrogen-bond acceptors (Lipinski definition) is 10. The maximum absolute atomic E-state index is 14.7. The molecule has 5 aromatic carbocycles. The summed E-state index contributed by atoms with van der Waals surface area (Å²) in [5.74, 6) is -1.66. The van der Waals surface area contributed by atoms with E-state index < -0.39 is 23.6 Å². The standard InChI is InChI=1S/C56H67BrF2N4O6/c1-3-5-7-9-11-13-15-17-19-21-37-66-52-35-31-46(39-50(52)58)62-60-44-27-23-42(24-28-44)55(64)68-48-33-34-49(57)54(41-48)69-56(65)43-25-29-45(30-26-43)61-63-47-32-36-53(51(59)40-47)67-38-22-20-18-16-14-12-10-8-6-4-2/h23-36,39-41H,3-22,37-38H2,1-2H3. The summed E-state index contributed by atoms with van der Waals surface area (Å²) in [6.07, 6.45) is 24.4. The summed E-state index contributed by atoms with van der Waals surface area (Å²) >= 11 is 3.39. The third-order valence-corrected chi connectivity index (χ3v) is 12.1. The van der Waals surface area contributed by atoms with Crippen molar-refractivity contribution >= 4 is 50.6 Å². The lowest BCUT2D eigenvalue weighted by atomic mass is 10.1. The van der Waals surface area contributed by atoms with Crippen molar-refractivity contribution in [1.29, 1.82) is 0 Å². The zero-order valence-corrected chi connectivity index (χ0v) is 41.8. The van der Waals surface area contributed by atoms with Gasteiger partial charge in [0.2, 0.25) is 0 Å². The summed E-state index contributed by atoms with van der Waals surface area (Å²) in [6.45, 7) is 5.39. The third kappa shape index (κ3) is 20.4. The van der Waals surface area contributed by atoms with Gasteiger partial charge in [0.25, 0.3) is 0 Å². The van der Waals surface area contributed by atoms with E-state index in [0.717, 1.165) is 25.7 Å². The molecule has 0 bridgehead atoms. The van der Waals surface area contributed by atoms with E-state index in [1.165, 1.54) is 145 Å². The smallest absolute Gasteiger partial charge is 0.343 e. The highest BCUT2D eigenvalue weighted by atomic mass is 79.9. The van der Waals surface area contributed by atoms with E-state index in [-0.39, 0.29) is 34.1 Å². The molecular formula is C56H67BrF2N4O6. The number of carbonyl (C=O) groups is 2. The summed E-state index contributed by atoms with van der Waals surface area (Å²) < 4.78 is 52.5. The monoisotopic (exact) mass is 1010 g/mol. The topological polar surface area (TPSA) is 121 Å². The highest BCUT2D eigenvalue weighted by Gasteiger charge is 2.15. The molecule has 69 heavy (non-hydrogen) atoms. The van der Waals surface area contributed by atoms with Crippen LogP contribution in [0.4, 0.5) is 31.5 Å². The first-order valence-corrected chi connectivity index (χ1v) is 25.6. The van der Waals surface area contributed by atoms with Crippen LogP contribution in [0.15, 0.2) is 128 Å². The number of hydrogen-bond donors (Lipinski definition) is 0. The zero-order valence-electron chi connectivity index (χ0n) is 40.2. The number of halogens is 3. The van der Waals surface area contributed by atoms with Gasteiger partial charge in [0, 0.05) is 18.2 Å². The molecule has 5 rings (SSSR count). The molecule has 0 aliphatic rings. The van der Waals surface area contributed by atoms with E-state index in [1.54, 1.807) is 60.7 Å². The van der Waals surface area contributed by atoms with Crippen LogP contribution in [0.3, 0.4) is 0 Å². The largest absolute Gasteiger partial charge is 0.491 e. The van der Waals surface area contributed by atoms with Crippen molar-refractivity contribution in [1.82, 2.24) is 0 Å². The molecule has 13 heteroatoms. The highest BCUT2D eigenvalue weighted by Crippen LogP contribution is 2.32. The number of esters is 2. The summed E-state index contributed by atoms with van der Waals surface area (Å²) in [5, 5.41) is 16.6. The molecule has 368 valence electrons. The number of nitrogens with zero attached hydrogens (tertiary/aromatic N) is 4. The molecule has 0 N–H and O–H groups in total. The predicted molar refractivity (Wildman–Crippen MR) is 273 cm³/mol. The molecule has 0 heterocycles. The molecule has 10 nitrogen and oxygen atoms in total. The van der Waals surface area contributed by atoms with Gasteiger partial charge in [-0.15, -0.1) is 0 Å². The van der Waals surface area contributed by atoms with Crippen molar-refractivity contribution in [3.05, 3.63) is 130 Å². The van der Waals surface area contributed by atoms with Crippen LogP contribution in [-0.4, -0.2) is 25.2 Å². The first kappa shape index (κ1) is 54.1. The van der Waals surface area contributed by atoms with E-state index in [2.05, 4.69) is 50.2 Å². The maximum Gasteiger partial charge on any atom is 0.343 e. The van der Waals surface area contributed by atoms with Crippen molar-refractivity contribution in [2.45, 2.75) is 142 Å². The van der Waals surface area contributed by atoms with Gasteiger partial charge in [-0.05, 0) is 114 Å². The molecule has 0 saturated heterocycles. The van der Waals surface area contributed by atoms with Gasteiger partial charge >= 0.3 is 11.9 Å². The minimum Gasteiger partial charge on any atom is -0.491 e. The lowest BCUT2D eigenvalue weighted by molar-refractivity contribution is 0.0732. The fourth-order valence-corrected chi connectivity index (χ4v) is 7.72. The van der Waals surface area contributed by atoms with Gasteiger partial charge in [0.1, 0.15) is 11.5 Å². The Morgan fingerprint density at radius 1 is 0.420 bits per heavy atom. The van der Waals surface area contributed by atoms with Crippen molar-refractivity contribution in [2.24, 2.45) is 20.5 Å². The van der Waals surface area contributed by atoms with Gasteiger partial charge in [-0.1, -0.05) is 129 Å². The molecule has 0 unspecified atom stereocenters. The minimum absolute atomic E-state index is 0.132. The lowest BCUT2D eigenvalue weighted by Crippen LogP contribution is -2.10. The van der Waals surface area contributed by atoms with Crippen LogP contribution in [0.25, 0.3) is 0 Å². The van der Waals surface area contributed by atoms with Gasteiger partial charge < -0.3 is 18.9 Å². The van der Waals surface area contributed by atoms with Crippen LogP contribution in [-0.2, 0) is 0 Å². The molecule has 0 radical (unpaired) electrons. The fourth-order valence-electron chi connectivity index (χ4n) is 7.39. The van der Waals surface area contributed by atoms with Crippen molar-refractivity contribution in [3.8, 4) is 23.0 Å². The molecule has 5 aromatic rings. The average molecular weight is 1010 g/mol. The zero-order chi connectivity index (χ0) is 48.9. The van der Waals surface area contributed by atoms with Crippen LogP contribution < -0.4 is 18.9 Å². The molecule has 0 spiro atoms. The number of benzene rings is 5. The van der Waals surface area contributed by atoms with Crippen molar-refractivity contribution < 1.29 is 37.3 Å². The third-order valence-electron chi connectivity index (χ3n) is 11.4. The fraction of sp³-hybridized carbons (Fsp3) is 0.429. The maximum atomic E-state index is 14.7. The molecule has 0 amide bonds. The second-order valence-corrected chi connectivity index (χ2v) is 18.0. The Bertz CT molecular complexity index is 2380. The van der Waals surface area contributed by atoms with E-state index in [4.69, 9.17) is 18.9 Å². The van der Waals surface area contributed by atoms with Gasteiger partial charge in [0.05, 0.1) is 51.6 Å². The molecule has 0 saturated carbocycles. The summed E-state index contributed by atoms with van der Waals surface area (Å²) in [6, 6.07) is 26.0. The van der Waals surface area contributed by atoms with Crippen LogP contribution >= 0.6 is 15.9 Å². The molecular weight excluding hydrogens is 943 g/mol. The number of unbranched alkanes of at least 4 members (excludes halogenated alkanes) is 18. The normalized spacial score (nSPS) is 11.4. The summed E-state index contributed by atoms with van der Waals surface area (Å²) in [7, 11) is 0. The second-order valence-electron chi connectivity index (χ2n) is 17.2. The van der Waals surface area contributed by atoms with Gasteiger partial charge in [-0.25, -0.2) is 18.4 Å². The number of azo groups is 2. The summed E-state index contributed by atoms with van der Waals surface area (Å²) in [5.41, 5.74) is 2.02. The first-order chi connectivity index (χ1) is 33.7. The number of carbonyl (C=O) groups excluding carboxylic acids is 2. The van der Waals surface area contributed by atoms with E-state index in [0.29, 0.717) is 40.4 Å². The Kier molecular flexibility index (Phi) is 24.6. The van der Waals surface area contributed by atoms with Crippen molar-refractivity contribution in [2.75, 3.05) is 13.2 Å². The molecule has 0 aromatic heterocycles. The molecule has 0 fully saturated rings. The van der Waals surface area contributed by atoms with Crippen LogP contribution in [0.2, 0.25) is 0 Å². The minimum atomic E-state index is -0.658. The number of ether oxygens (including phenoxy) is 4. The van der Waals surface area contributed by atoms with E-state index >= 15 is 0 Å². The van der Waals surface area contributed by atoms with Gasteiger partial charge in [0.15, 0.2) is 23.1 Å². The van der Waals surface area contributed by atoms with Crippen LogP contribution in [0, 0.1) is 11.6 Å². The summed E-state index contributed by atoms with van der Waals surface area (Å²) in [4.78, 5) is 26.1. The molecule has 0 aliphatic heterocycles. The quantitative estimate of drug-likeness (QED) is 0.0183. The Hall–Kier alpha value is -5.82. The van der Waals surface area contributed by atoms with Crippen LogP contribution in [0.5, 0.6) is 23.0 Å². The molecule has 0 atom stereocenters. The van der Waals surface area contributed by atoms with Gasteiger partial charge in [-0.2, -0.15) is 20.5 Å². The SMILES string of the molecule is CCCCCCCCCCCCOc1ccc(N=Nc2ccc(C(=O)Oc3ccc(Br)c(OC(=O)c4ccc(N=Nc5ccc(OCCCCCCCCCCCC)c(F)c5)cc4)c3)cc2)cc1F. The highest BCUT2D eigenvalue weighted by molar-refractivity contribution is 9.10. The van der Waals surface area contributed by atoms with Crippen molar-refractivity contribution in [3.63, 3.8) is 0 Å². The van der Waals surface area contributed by atoms with E-state index in [1.807, 2.05) is 0 Å². The Balaban J connectivity index is 1.02. The average Bonchev–Trinajstić information content (AvgIpc) is 3.36. The van der Waals surface area contributed by atoms with Gasteiger partial charge in [-0.3, -0.25) is 0 Å². The Morgan fingerprint density at radius 3 is 1.19 bits per heavy atom. The Morgan fingerprint density at radius 2 is 0.783 bits per heavy atom. The predicted octanol–water partition coefficient (Wildman–Crippen LogP) is 18.6.